The molecule has 0 atom stereocenters. The van der Waals surface area contributed by atoms with E-state index in [9.17, 15) is 0 Å². The molecule has 12 aromatic carbocycles. The number of fused-ring (bicyclic) bond motifs is 14. The van der Waals surface area contributed by atoms with Crippen LogP contribution < -0.4 is 0 Å². The first-order chi connectivity index (χ1) is 35.7. The van der Waals surface area contributed by atoms with Crippen LogP contribution >= 0.6 is 0 Å². The summed E-state index contributed by atoms with van der Waals surface area (Å²) < 4.78 is 4.73. The Labute approximate surface area is 413 Å². The van der Waals surface area contributed by atoms with Crippen molar-refractivity contribution in [1.82, 2.24) is 19.1 Å². The molecule has 0 N–H and O–H groups in total. The summed E-state index contributed by atoms with van der Waals surface area (Å²) in [5.74, 6) is 0.644. The maximum absolute atomic E-state index is 5.51. The van der Waals surface area contributed by atoms with Crippen LogP contribution in [-0.2, 0) is 0 Å². The summed E-state index contributed by atoms with van der Waals surface area (Å²) in [7, 11) is 0. The number of hydrogen-bond acceptors (Lipinski definition) is 2. The Hall–Kier alpha value is -9.64. The molecule has 0 spiro atoms. The number of rotatable bonds is 5. The zero-order valence-corrected chi connectivity index (χ0v) is 38.9. The van der Waals surface area contributed by atoms with Gasteiger partial charge in [-0.05, 0) is 137 Å². The van der Waals surface area contributed by atoms with E-state index in [-0.39, 0.29) is 0 Å². The zero-order chi connectivity index (χ0) is 47.0. The van der Waals surface area contributed by atoms with Gasteiger partial charge in [-0.15, -0.1) is 0 Å². The molecule has 0 fully saturated rings. The normalized spacial score (nSPS) is 12.2. The molecule has 3 heterocycles. The Morgan fingerprint density at radius 3 is 1.62 bits per heavy atom. The second-order valence-electron chi connectivity index (χ2n) is 19.3. The predicted octanol–water partition coefficient (Wildman–Crippen LogP) is 17.9. The van der Waals surface area contributed by atoms with E-state index in [0.29, 0.717) is 5.95 Å². The first-order valence-electron chi connectivity index (χ1n) is 24.7. The molecule has 0 unspecified atom stereocenters. The fraction of sp³-hybridized carbons (Fsp3) is 0. The van der Waals surface area contributed by atoms with Gasteiger partial charge in [-0.3, -0.25) is 4.57 Å². The second-order valence-corrected chi connectivity index (χ2v) is 19.3. The van der Waals surface area contributed by atoms with Gasteiger partial charge < -0.3 is 4.57 Å². The van der Waals surface area contributed by atoms with Gasteiger partial charge in [-0.1, -0.05) is 182 Å². The highest BCUT2D eigenvalue weighted by Crippen LogP contribution is 2.51. The van der Waals surface area contributed by atoms with Crippen LogP contribution in [0.3, 0.4) is 0 Å². The molecule has 15 aromatic rings. The molecular weight excluding hydrogens is 873 g/mol. The number of aromatic nitrogens is 4. The van der Waals surface area contributed by atoms with Gasteiger partial charge in [0.05, 0.1) is 33.3 Å². The fourth-order valence-corrected chi connectivity index (χ4v) is 12.2. The third-order valence-corrected chi connectivity index (χ3v) is 15.4. The number of hydrogen-bond donors (Lipinski definition) is 0. The van der Waals surface area contributed by atoms with Crippen molar-refractivity contribution in [2.75, 3.05) is 0 Å². The molecule has 0 amide bonds. The van der Waals surface area contributed by atoms with Crippen molar-refractivity contribution in [3.63, 3.8) is 0 Å². The molecule has 0 saturated heterocycles. The Morgan fingerprint density at radius 2 is 0.819 bits per heavy atom. The minimum atomic E-state index is 0.644. The lowest BCUT2D eigenvalue weighted by Gasteiger charge is -2.12. The van der Waals surface area contributed by atoms with Crippen molar-refractivity contribution in [1.29, 1.82) is 0 Å². The first-order valence-corrected chi connectivity index (χ1v) is 24.7. The van der Waals surface area contributed by atoms with E-state index in [2.05, 4.69) is 252 Å². The lowest BCUT2D eigenvalue weighted by atomic mass is 9.96. The van der Waals surface area contributed by atoms with Crippen LogP contribution in [0.1, 0.15) is 0 Å². The Kier molecular flexibility index (Phi) is 8.14. The van der Waals surface area contributed by atoms with Crippen molar-refractivity contribution in [2.24, 2.45) is 0 Å². The van der Waals surface area contributed by atoms with Crippen LogP contribution in [0.25, 0.3) is 154 Å². The van der Waals surface area contributed by atoms with E-state index in [1.165, 1.54) is 98.5 Å². The van der Waals surface area contributed by atoms with Crippen molar-refractivity contribution in [3.05, 3.63) is 243 Å². The van der Waals surface area contributed by atoms with Gasteiger partial charge in [0.1, 0.15) is 0 Å². The van der Waals surface area contributed by atoms with Crippen molar-refractivity contribution < 1.29 is 0 Å². The highest BCUT2D eigenvalue weighted by atomic mass is 15.2. The van der Waals surface area contributed by atoms with E-state index in [1.807, 2.05) is 0 Å². The largest absolute Gasteiger partial charge is 0.309 e. The second kappa shape index (κ2) is 14.9. The van der Waals surface area contributed by atoms with E-state index in [4.69, 9.17) is 9.97 Å². The van der Waals surface area contributed by atoms with E-state index in [1.54, 1.807) is 0 Å². The molecule has 1 aliphatic rings. The monoisotopic (exact) mass is 912 g/mol. The number of nitrogens with zero attached hydrogens (tertiary/aromatic N) is 4. The number of para-hydroxylation sites is 2. The highest BCUT2D eigenvalue weighted by molar-refractivity contribution is 6.30. The molecule has 332 valence electrons. The standard InChI is InChI=1S/C68H40N4/c1-2-16-49(17-3-1)71-60-34-32-47(38-57(60)66-55-23-12-22-53-51-19-8-9-20-52(51)56(64(53)55)40-63(66)71)48-33-35-61-58(39-48)65-50-18-7-6-14-43(50)31-36-62(65)72(61)68-69-59-24-11-10-21-54(59)67(70-68)44-28-25-42(26-29-44)46-30-27-41-13-4-5-15-45(41)37-46/h1-40H. The lowest BCUT2D eigenvalue weighted by molar-refractivity contribution is 1.01. The van der Waals surface area contributed by atoms with Gasteiger partial charge in [-0.25, -0.2) is 9.97 Å². The summed E-state index contributed by atoms with van der Waals surface area (Å²) in [6, 6.07) is 88.6. The third kappa shape index (κ3) is 5.63. The molecule has 0 radical (unpaired) electrons. The van der Waals surface area contributed by atoms with Gasteiger partial charge in [0, 0.05) is 38.2 Å². The van der Waals surface area contributed by atoms with E-state index >= 15 is 0 Å². The molecule has 0 saturated carbocycles. The topological polar surface area (TPSA) is 35.6 Å². The third-order valence-electron chi connectivity index (χ3n) is 15.4. The highest BCUT2D eigenvalue weighted by Gasteiger charge is 2.26. The molecule has 4 heteroatoms. The van der Waals surface area contributed by atoms with Crippen LogP contribution in [0, 0.1) is 0 Å². The molecule has 0 bridgehead atoms. The molecular formula is C68H40N4. The Balaban J connectivity index is 0.898. The quantitative estimate of drug-likeness (QED) is 0.172. The minimum Gasteiger partial charge on any atom is -0.309 e. The van der Waals surface area contributed by atoms with Gasteiger partial charge >= 0.3 is 0 Å². The van der Waals surface area contributed by atoms with Crippen molar-refractivity contribution in [3.8, 4) is 67.4 Å². The summed E-state index contributed by atoms with van der Waals surface area (Å²) in [6.45, 7) is 0. The van der Waals surface area contributed by atoms with E-state index in [0.717, 1.165) is 49.8 Å². The Morgan fingerprint density at radius 1 is 0.264 bits per heavy atom. The maximum Gasteiger partial charge on any atom is 0.235 e. The summed E-state index contributed by atoms with van der Waals surface area (Å²) in [4.78, 5) is 10.9. The number of benzene rings is 12. The van der Waals surface area contributed by atoms with Crippen LogP contribution in [0.4, 0.5) is 0 Å². The molecule has 1 aliphatic carbocycles. The molecule has 0 aliphatic heterocycles. The van der Waals surface area contributed by atoms with Crippen molar-refractivity contribution in [2.45, 2.75) is 0 Å². The SMILES string of the molecule is c1ccc(-n2c3ccc(-c4ccc5c(c4)c4c6ccccc6ccc4n5-c4nc(-c5ccc(-c6ccc7ccccc7c6)cc5)c5ccccc5n4)cc3c3c4cccc5c4c(cc32)-c2ccccc2-5)cc1. The lowest BCUT2D eigenvalue weighted by Crippen LogP contribution is -2.03. The summed E-state index contributed by atoms with van der Waals surface area (Å²) in [5, 5.41) is 13.4. The van der Waals surface area contributed by atoms with Gasteiger partial charge in [-0.2, -0.15) is 0 Å². The van der Waals surface area contributed by atoms with Crippen LogP contribution in [-0.4, -0.2) is 19.1 Å². The molecule has 72 heavy (non-hydrogen) atoms. The van der Waals surface area contributed by atoms with Gasteiger partial charge in [0.2, 0.25) is 5.95 Å². The average Bonchev–Trinajstić information content (AvgIpc) is 4.09. The molecule has 16 rings (SSSR count). The van der Waals surface area contributed by atoms with E-state index < -0.39 is 0 Å². The maximum atomic E-state index is 5.51. The van der Waals surface area contributed by atoms with Gasteiger partial charge in [0.25, 0.3) is 0 Å². The molecule has 4 nitrogen and oxygen atoms in total. The summed E-state index contributed by atoms with van der Waals surface area (Å²) in [6.07, 6.45) is 0. The molecule has 3 aromatic heterocycles. The predicted molar refractivity (Wildman–Crippen MR) is 301 cm³/mol. The van der Waals surface area contributed by atoms with Gasteiger partial charge in [0.15, 0.2) is 0 Å². The minimum absolute atomic E-state index is 0.644. The summed E-state index contributed by atoms with van der Waals surface area (Å²) in [5.41, 5.74) is 18.4. The Bertz CT molecular complexity index is 4790. The fourth-order valence-electron chi connectivity index (χ4n) is 12.2. The first kappa shape index (κ1) is 39.2. The van der Waals surface area contributed by atoms with Crippen LogP contribution in [0.15, 0.2) is 243 Å². The van der Waals surface area contributed by atoms with Crippen LogP contribution in [0.2, 0.25) is 0 Å². The van der Waals surface area contributed by atoms with Crippen LogP contribution in [0.5, 0.6) is 0 Å². The van der Waals surface area contributed by atoms with Crippen molar-refractivity contribution >= 4 is 86.8 Å². The smallest absolute Gasteiger partial charge is 0.235 e. The summed E-state index contributed by atoms with van der Waals surface area (Å²) >= 11 is 0. The average molecular weight is 913 g/mol. The zero-order valence-electron chi connectivity index (χ0n) is 38.9.